The van der Waals surface area contributed by atoms with Crippen LogP contribution < -0.4 is 4.74 Å². The minimum Gasteiger partial charge on any atom is -0.493 e. The highest BCUT2D eigenvalue weighted by Crippen LogP contribution is 2.32. The lowest BCUT2D eigenvalue weighted by molar-refractivity contribution is 0.214. The average molecular weight is 360 g/mol. The van der Waals surface area contributed by atoms with Gasteiger partial charge in [-0.3, -0.25) is 0 Å². The Balaban J connectivity index is 2.35. The van der Waals surface area contributed by atoms with Crippen molar-refractivity contribution in [1.29, 1.82) is 0 Å². The average Bonchev–Trinajstić information content (AvgIpc) is 2.43. The quantitative estimate of drug-likeness (QED) is 0.856. The lowest BCUT2D eigenvalue weighted by Gasteiger charge is -2.14. The zero-order chi connectivity index (χ0) is 14.7. The first-order valence-corrected chi connectivity index (χ1v) is 7.25. The second kappa shape index (κ2) is 6.57. The van der Waals surface area contributed by atoms with E-state index in [4.69, 9.17) is 16.3 Å². The summed E-state index contributed by atoms with van der Waals surface area (Å²) in [6, 6.07) is 9.24. The number of hydrogen-bond acceptors (Lipinski definition) is 2. The first-order chi connectivity index (χ1) is 9.52. The molecule has 0 spiro atoms. The molecular formula is C15H13BrClFO2. The summed E-state index contributed by atoms with van der Waals surface area (Å²) in [5, 5.41) is 10.7. The van der Waals surface area contributed by atoms with Crippen molar-refractivity contribution in [2.24, 2.45) is 0 Å². The molecule has 0 aliphatic rings. The summed E-state index contributed by atoms with van der Waals surface area (Å²) in [6.07, 6.45) is -1.08. The lowest BCUT2D eigenvalue weighted by Crippen LogP contribution is -2.03. The molecule has 1 unspecified atom stereocenters. The third kappa shape index (κ3) is 3.32. The van der Waals surface area contributed by atoms with Crippen LogP contribution in [0.25, 0.3) is 0 Å². The van der Waals surface area contributed by atoms with Crippen LogP contribution in [0.1, 0.15) is 24.2 Å². The van der Waals surface area contributed by atoms with Gasteiger partial charge in [0, 0.05) is 10.6 Å². The lowest BCUT2D eigenvalue weighted by atomic mass is 10.0. The van der Waals surface area contributed by atoms with Crippen molar-refractivity contribution in [2.75, 3.05) is 6.61 Å². The number of hydrogen-bond donors (Lipinski definition) is 1. The maximum Gasteiger partial charge on any atom is 0.133 e. The van der Waals surface area contributed by atoms with Crippen LogP contribution in [-0.4, -0.2) is 11.7 Å². The molecule has 2 aromatic rings. The smallest absolute Gasteiger partial charge is 0.133 e. The minimum atomic E-state index is -1.08. The van der Waals surface area contributed by atoms with E-state index in [0.717, 1.165) is 0 Å². The van der Waals surface area contributed by atoms with E-state index >= 15 is 0 Å². The van der Waals surface area contributed by atoms with Crippen molar-refractivity contribution in [2.45, 2.75) is 13.0 Å². The van der Waals surface area contributed by atoms with Crippen LogP contribution in [-0.2, 0) is 0 Å². The Morgan fingerprint density at radius 1 is 1.30 bits per heavy atom. The minimum absolute atomic E-state index is 0.147. The molecule has 0 fully saturated rings. The molecule has 0 aliphatic carbocycles. The van der Waals surface area contributed by atoms with Crippen LogP contribution in [0.4, 0.5) is 4.39 Å². The summed E-state index contributed by atoms with van der Waals surface area (Å²) in [6.45, 7) is 2.43. The molecule has 0 amide bonds. The Morgan fingerprint density at radius 2 is 2.05 bits per heavy atom. The molecule has 20 heavy (non-hydrogen) atoms. The zero-order valence-electron chi connectivity index (χ0n) is 10.7. The Labute approximate surface area is 130 Å². The van der Waals surface area contributed by atoms with Gasteiger partial charge in [0.15, 0.2) is 0 Å². The second-order valence-corrected chi connectivity index (χ2v) is 5.48. The Kier molecular flexibility index (Phi) is 5.02. The van der Waals surface area contributed by atoms with Gasteiger partial charge in [-0.15, -0.1) is 0 Å². The highest BCUT2D eigenvalue weighted by molar-refractivity contribution is 9.10. The Hall–Kier alpha value is -1.10. The van der Waals surface area contributed by atoms with Gasteiger partial charge in [0.1, 0.15) is 17.7 Å². The molecule has 0 aliphatic heterocycles. The molecule has 0 bridgehead atoms. The maximum atomic E-state index is 13.8. The number of benzene rings is 2. The predicted molar refractivity (Wildman–Crippen MR) is 80.8 cm³/mol. The fourth-order valence-corrected chi connectivity index (χ4v) is 2.55. The van der Waals surface area contributed by atoms with E-state index in [0.29, 0.717) is 27.4 Å². The molecule has 0 aromatic heterocycles. The van der Waals surface area contributed by atoms with Gasteiger partial charge >= 0.3 is 0 Å². The summed E-state index contributed by atoms with van der Waals surface area (Å²) < 4.78 is 19.9. The SMILES string of the molecule is CCOc1ccc(C(O)c2cc(Cl)ccc2F)cc1Br. The molecule has 5 heteroatoms. The van der Waals surface area contributed by atoms with Crippen LogP contribution in [0.15, 0.2) is 40.9 Å². The fourth-order valence-electron chi connectivity index (χ4n) is 1.86. The van der Waals surface area contributed by atoms with Crippen molar-refractivity contribution in [3.63, 3.8) is 0 Å². The molecule has 0 saturated carbocycles. The van der Waals surface area contributed by atoms with Crippen molar-refractivity contribution in [3.05, 3.63) is 62.8 Å². The molecule has 106 valence electrons. The predicted octanol–water partition coefficient (Wildman–Crippen LogP) is 4.72. The van der Waals surface area contributed by atoms with Gasteiger partial charge in [-0.2, -0.15) is 0 Å². The molecule has 0 radical (unpaired) electrons. The van der Waals surface area contributed by atoms with Crippen LogP contribution in [0.2, 0.25) is 5.02 Å². The van der Waals surface area contributed by atoms with E-state index < -0.39 is 11.9 Å². The van der Waals surface area contributed by atoms with Crippen LogP contribution in [0, 0.1) is 5.82 Å². The van der Waals surface area contributed by atoms with Crippen molar-refractivity contribution in [3.8, 4) is 5.75 Å². The van der Waals surface area contributed by atoms with Crippen molar-refractivity contribution >= 4 is 27.5 Å². The van der Waals surface area contributed by atoms with Crippen molar-refractivity contribution in [1.82, 2.24) is 0 Å². The highest BCUT2D eigenvalue weighted by Gasteiger charge is 2.16. The fraction of sp³-hybridized carbons (Fsp3) is 0.200. The van der Waals surface area contributed by atoms with Gasteiger partial charge in [-0.1, -0.05) is 17.7 Å². The van der Waals surface area contributed by atoms with Crippen LogP contribution >= 0.6 is 27.5 Å². The standard InChI is InChI=1S/C15H13BrClFO2/c1-2-20-14-6-3-9(7-12(14)16)15(19)11-8-10(17)4-5-13(11)18/h3-8,15,19H,2H2,1H3. The number of halogens is 3. The summed E-state index contributed by atoms with van der Waals surface area (Å²) in [5.74, 6) is 0.182. The number of ether oxygens (including phenoxy) is 1. The van der Waals surface area contributed by atoms with E-state index in [-0.39, 0.29) is 5.56 Å². The summed E-state index contributed by atoms with van der Waals surface area (Å²) in [5.41, 5.74) is 0.704. The van der Waals surface area contributed by atoms with Gasteiger partial charge in [0.2, 0.25) is 0 Å². The highest BCUT2D eigenvalue weighted by atomic mass is 79.9. The molecule has 1 N–H and O–H groups in total. The second-order valence-electron chi connectivity index (χ2n) is 4.19. The van der Waals surface area contributed by atoms with Gasteiger partial charge in [-0.25, -0.2) is 4.39 Å². The van der Waals surface area contributed by atoms with Crippen molar-refractivity contribution < 1.29 is 14.2 Å². The maximum absolute atomic E-state index is 13.8. The van der Waals surface area contributed by atoms with Gasteiger partial charge < -0.3 is 9.84 Å². The third-order valence-electron chi connectivity index (χ3n) is 2.82. The first-order valence-electron chi connectivity index (χ1n) is 6.08. The van der Waals surface area contributed by atoms with Gasteiger partial charge in [0.25, 0.3) is 0 Å². The summed E-state index contributed by atoms with van der Waals surface area (Å²) in [4.78, 5) is 0. The molecule has 2 aromatic carbocycles. The molecular weight excluding hydrogens is 347 g/mol. The topological polar surface area (TPSA) is 29.5 Å². The van der Waals surface area contributed by atoms with E-state index in [9.17, 15) is 9.50 Å². The molecule has 0 heterocycles. The number of rotatable bonds is 4. The van der Waals surface area contributed by atoms with E-state index in [1.807, 2.05) is 6.92 Å². The molecule has 0 saturated heterocycles. The van der Waals surface area contributed by atoms with E-state index in [1.165, 1.54) is 18.2 Å². The normalized spacial score (nSPS) is 12.2. The Bertz CT molecular complexity index is 619. The molecule has 2 nitrogen and oxygen atoms in total. The monoisotopic (exact) mass is 358 g/mol. The van der Waals surface area contributed by atoms with Crippen LogP contribution in [0.5, 0.6) is 5.75 Å². The summed E-state index contributed by atoms with van der Waals surface area (Å²) >= 11 is 9.21. The van der Waals surface area contributed by atoms with Gasteiger partial charge in [0.05, 0.1) is 11.1 Å². The van der Waals surface area contributed by atoms with Crippen LogP contribution in [0.3, 0.4) is 0 Å². The van der Waals surface area contributed by atoms with E-state index in [1.54, 1.807) is 18.2 Å². The molecule has 1 atom stereocenters. The summed E-state index contributed by atoms with van der Waals surface area (Å²) in [7, 11) is 0. The first kappa shape index (κ1) is 15.3. The number of aliphatic hydroxyl groups is 1. The number of aliphatic hydroxyl groups excluding tert-OH is 1. The van der Waals surface area contributed by atoms with Gasteiger partial charge in [-0.05, 0) is 58.7 Å². The van der Waals surface area contributed by atoms with E-state index in [2.05, 4.69) is 15.9 Å². The zero-order valence-corrected chi connectivity index (χ0v) is 13.1. The largest absolute Gasteiger partial charge is 0.493 e. The molecule has 2 rings (SSSR count). The third-order valence-corrected chi connectivity index (χ3v) is 3.68. The Morgan fingerprint density at radius 3 is 2.70 bits per heavy atom.